The molecule has 0 saturated heterocycles. The Balaban J connectivity index is 1.57. The van der Waals surface area contributed by atoms with Gasteiger partial charge in [0.05, 0.1) is 13.7 Å². The van der Waals surface area contributed by atoms with E-state index < -0.39 is 0 Å². The molecule has 0 aliphatic carbocycles. The topological polar surface area (TPSA) is 50.7 Å². The average Bonchev–Trinajstić information content (AvgIpc) is 2.60. The molecule has 4 heteroatoms. The monoisotopic (exact) mass is 327 g/mol. The van der Waals surface area contributed by atoms with E-state index in [4.69, 9.17) is 9.47 Å². The standard InChI is InChI=1S/C20H25NO3/c1-14(7-8-15-9-10-20(23-2)18(22)13-15)21-17-11-12-24-19-6-4-3-5-16(17)19/h3-6,9-10,13-14,17,21-22H,7-8,11-12H2,1-2H3/t14-,17-/m1/s1. The molecule has 1 aliphatic heterocycles. The van der Waals surface area contributed by atoms with Crippen molar-refractivity contribution in [1.82, 2.24) is 5.32 Å². The van der Waals surface area contributed by atoms with Crippen molar-refractivity contribution >= 4 is 0 Å². The van der Waals surface area contributed by atoms with E-state index in [2.05, 4.69) is 24.4 Å². The maximum absolute atomic E-state index is 9.87. The number of para-hydroxylation sites is 1. The minimum absolute atomic E-state index is 0.203. The molecule has 0 bridgehead atoms. The molecule has 0 radical (unpaired) electrons. The number of aromatic hydroxyl groups is 1. The van der Waals surface area contributed by atoms with Gasteiger partial charge in [-0.1, -0.05) is 24.3 Å². The summed E-state index contributed by atoms with van der Waals surface area (Å²) in [6.07, 6.45) is 2.91. The summed E-state index contributed by atoms with van der Waals surface area (Å²) in [5.74, 6) is 1.71. The van der Waals surface area contributed by atoms with Gasteiger partial charge in [-0.05, 0) is 43.5 Å². The first-order chi connectivity index (χ1) is 11.7. The van der Waals surface area contributed by atoms with E-state index in [-0.39, 0.29) is 5.75 Å². The average molecular weight is 327 g/mol. The van der Waals surface area contributed by atoms with Crippen LogP contribution in [0.1, 0.15) is 36.9 Å². The van der Waals surface area contributed by atoms with Gasteiger partial charge in [-0.25, -0.2) is 0 Å². The molecule has 0 unspecified atom stereocenters. The summed E-state index contributed by atoms with van der Waals surface area (Å²) in [6.45, 7) is 2.97. The summed E-state index contributed by atoms with van der Waals surface area (Å²) >= 11 is 0. The fraction of sp³-hybridized carbons (Fsp3) is 0.400. The van der Waals surface area contributed by atoms with Crippen LogP contribution in [0.15, 0.2) is 42.5 Å². The van der Waals surface area contributed by atoms with E-state index in [1.54, 1.807) is 13.2 Å². The number of nitrogens with one attached hydrogen (secondary N) is 1. The molecule has 4 nitrogen and oxygen atoms in total. The minimum Gasteiger partial charge on any atom is -0.504 e. The molecule has 2 aromatic rings. The van der Waals surface area contributed by atoms with Crippen LogP contribution >= 0.6 is 0 Å². The second-order valence-corrected chi connectivity index (χ2v) is 6.34. The Bertz CT molecular complexity index is 686. The summed E-state index contributed by atoms with van der Waals surface area (Å²) in [5, 5.41) is 13.6. The molecule has 0 saturated carbocycles. The maximum atomic E-state index is 9.87. The van der Waals surface area contributed by atoms with Gasteiger partial charge < -0.3 is 19.9 Å². The third-order valence-electron chi connectivity index (χ3n) is 4.55. The molecule has 3 rings (SSSR count). The first-order valence-corrected chi connectivity index (χ1v) is 8.51. The van der Waals surface area contributed by atoms with Gasteiger partial charge in [0.15, 0.2) is 11.5 Å². The first kappa shape index (κ1) is 16.7. The van der Waals surface area contributed by atoms with Crippen LogP contribution in [0.3, 0.4) is 0 Å². The number of phenolic OH excluding ortho intramolecular Hbond substituents is 1. The second kappa shape index (κ2) is 7.58. The van der Waals surface area contributed by atoms with Gasteiger partial charge in [0, 0.05) is 24.1 Å². The lowest BCUT2D eigenvalue weighted by atomic mass is 9.98. The van der Waals surface area contributed by atoms with Crippen LogP contribution in [0.5, 0.6) is 17.2 Å². The summed E-state index contributed by atoms with van der Waals surface area (Å²) in [5.41, 5.74) is 2.37. The Hall–Kier alpha value is -2.20. The lowest BCUT2D eigenvalue weighted by Crippen LogP contribution is -2.34. The van der Waals surface area contributed by atoms with Crippen LogP contribution in [-0.2, 0) is 6.42 Å². The zero-order valence-electron chi connectivity index (χ0n) is 14.3. The fourth-order valence-corrected chi connectivity index (χ4v) is 3.22. The van der Waals surface area contributed by atoms with E-state index in [1.165, 1.54) is 5.56 Å². The molecule has 2 atom stereocenters. The van der Waals surface area contributed by atoms with Crippen molar-refractivity contribution in [3.8, 4) is 17.2 Å². The van der Waals surface area contributed by atoms with Crippen molar-refractivity contribution < 1.29 is 14.6 Å². The predicted molar refractivity (Wildman–Crippen MR) is 94.9 cm³/mol. The predicted octanol–water partition coefficient (Wildman–Crippen LogP) is 3.84. The molecule has 1 aliphatic rings. The molecule has 0 fully saturated rings. The Morgan fingerprint density at radius 2 is 2.12 bits per heavy atom. The quantitative estimate of drug-likeness (QED) is 0.846. The molecule has 1 heterocycles. The van der Waals surface area contributed by atoms with Gasteiger partial charge >= 0.3 is 0 Å². The Morgan fingerprint density at radius 3 is 2.92 bits per heavy atom. The third kappa shape index (κ3) is 3.82. The highest BCUT2D eigenvalue weighted by molar-refractivity contribution is 5.41. The summed E-state index contributed by atoms with van der Waals surface area (Å²) < 4.78 is 10.8. The zero-order chi connectivity index (χ0) is 16.9. The molecule has 2 aromatic carbocycles. The van der Waals surface area contributed by atoms with Crippen LogP contribution in [0.25, 0.3) is 0 Å². The van der Waals surface area contributed by atoms with Gasteiger partial charge in [-0.2, -0.15) is 0 Å². The number of aryl methyl sites for hydroxylation is 1. The molecule has 128 valence electrons. The van der Waals surface area contributed by atoms with Crippen molar-refractivity contribution in [1.29, 1.82) is 0 Å². The van der Waals surface area contributed by atoms with Gasteiger partial charge in [-0.15, -0.1) is 0 Å². The summed E-state index contributed by atoms with van der Waals surface area (Å²) in [4.78, 5) is 0. The smallest absolute Gasteiger partial charge is 0.160 e. The number of benzene rings is 2. The van der Waals surface area contributed by atoms with Crippen molar-refractivity contribution in [2.24, 2.45) is 0 Å². The van der Waals surface area contributed by atoms with Crippen LogP contribution in [0.4, 0.5) is 0 Å². The number of hydrogen-bond acceptors (Lipinski definition) is 4. The SMILES string of the molecule is COc1ccc(CC[C@@H](C)N[C@@H]2CCOc3ccccc32)cc1O. The summed E-state index contributed by atoms with van der Waals surface area (Å²) in [7, 11) is 1.56. The lowest BCUT2D eigenvalue weighted by molar-refractivity contribution is 0.244. The summed E-state index contributed by atoms with van der Waals surface area (Å²) in [6, 6.07) is 14.6. The highest BCUT2D eigenvalue weighted by Gasteiger charge is 2.22. The Kier molecular flexibility index (Phi) is 5.26. The zero-order valence-corrected chi connectivity index (χ0v) is 14.3. The van der Waals surface area contributed by atoms with E-state index in [1.807, 2.05) is 24.3 Å². The van der Waals surface area contributed by atoms with Crippen molar-refractivity contribution in [3.05, 3.63) is 53.6 Å². The fourth-order valence-electron chi connectivity index (χ4n) is 3.22. The van der Waals surface area contributed by atoms with Crippen LogP contribution in [0.2, 0.25) is 0 Å². The van der Waals surface area contributed by atoms with Crippen molar-refractivity contribution in [2.75, 3.05) is 13.7 Å². The molecular weight excluding hydrogens is 302 g/mol. The van der Waals surface area contributed by atoms with E-state index in [9.17, 15) is 5.11 Å². The molecule has 0 spiro atoms. The van der Waals surface area contributed by atoms with E-state index in [0.717, 1.165) is 37.2 Å². The maximum Gasteiger partial charge on any atom is 0.160 e. The molecule has 24 heavy (non-hydrogen) atoms. The number of fused-ring (bicyclic) bond motifs is 1. The number of methoxy groups -OCH3 is 1. The van der Waals surface area contributed by atoms with Crippen LogP contribution in [-0.4, -0.2) is 24.9 Å². The van der Waals surface area contributed by atoms with Crippen molar-refractivity contribution in [3.63, 3.8) is 0 Å². The largest absolute Gasteiger partial charge is 0.504 e. The van der Waals surface area contributed by atoms with Gasteiger partial charge in [0.25, 0.3) is 0 Å². The van der Waals surface area contributed by atoms with E-state index >= 15 is 0 Å². The number of hydrogen-bond donors (Lipinski definition) is 2. The normalized spacial score (nSPS) is 17.7. The molecule has 2 N–H and O–H groups in total. The highest BCUT2D eigenvalue weighted by atomic mass is 16.5. The van der Waals surface area contributed by atoms with E-state index in [0.29, 0.717) is 17.8 Å². The van der Waals surface area contributed by atoms with Gasteiger partial charge in [-0.3, -0.25) is 0 Å². The number of phenols is 1. The van der Waals surface area contributed by atoms with Crippen LogP contribution < -0.4 is 14.8 Å². The third-order valence-corrected chi connectivity index (χ3v) is 4.55. The number of ether oxygens (including phenoxy) is 2. The van der Waals surface area contributed by atoms with Gasteiger partial charge in [0.2, 0.25) is 0 Å². The minimum atomic E-state index is 0.203. The Morgan fingerprint density at radius 1 is 1.29 bits per heavy atom. The van der Waals surface area contributed by atoms with Gasteiger partial charge in [0.1, 0.15) is 5.75 Å². The number of rotatable bonds is 6. The van der Waals surface area contributed by atoms with Crippen LogP contribution in [0, 0.1) is 0 Å². The van der Waals surface area contributed by atoms with Crippen molar-refractivity contribution in [2.45, 2.75) is 38.3 Å². The molecule has 0 amide bonds. The molecule has 0 aromatic heterocycles. The molecular formula is C20H25NO3. The highest BCUT2D eigenvalue weighted by Crippen LogP contribution is 2.32. The first-order valence-electron chi connectivity index (χ1n) is 8.51. The Labute approximate surface area is 143 Å². The lowest BCUT2D eigenvalue weighted by Gasteiger charge is -2.29. The second-order valence-electron chi connectivity index (χ2n) is 6.34.